The highest BCUT2D eigenvalue weighted by Gasteiger charge is 2.24. The molecule has 0 spiro atoms. The normalized spacial score (nSPS) is 16.2. The zero-order valence-corrected chi connectivity index (χ0v) is 13.6. The highest BCUT2D eigenvalue weighted by atomic mass is 32.2. The van der Waals surface area contributed by atoms with E-state index in [1.54, 1.807) is 0 Å². The number of hydrogen-bond acceptors (Lipinski definition) is 3. The van der Waals surface area contributed by atoms with E-state index in [9.17, 15) is 12.8 Å². The highest BCUT2D eigenvalue weighted by molar-refractivity contribution is 7.89. The van der Waals surface area contributed by atoms with Crippen LogP contribution in [0.2, 0.25) is 0 Å². The summed E-state index contributed by atoms with van der Waals surface area (Å²) in [4.78, 5) is 0.121. The maximum atomic E-state index is 13.8. The van der Waals surface area contributed by atoms with Crippen molar-refractivity contribution in [3.63, 3.8) is 0 Å². The van der Waals surface area contributed by atoms with E-state index in [0.29, 0.717) is 24.6 Å². The minimum Gasteiger partial charge on any atom is -0.308 e. The van der Waals surface area contributed by atoms with Gasteiger partial charge in [0.05, 0.1) is 4.90 Å². The van der Waals surface area contributed by atoms with Gasteiger partial charge in [-0.1, -0.05) is 0 Å². The Morgan fingerprint density at radius 1 is 1.29 bits per heavy atom. The van der Waals surface area contributed by atoms with Crippen molar-refractivity contribution in [2.75, 3.05) is 6.54 Å². The van der Waals surface area contributed by atoms with Gasteiger partial charge in [-0.2, -0.15) is 0 Å². The SMILES string of the molecule is CC(C)(C)NCc1cc(S(=O)(=O)NCC2CC2)ccc1F. The summed E-state index contributed by atoms with van der Waals surface area (Å²) in [7, 11) is -3.55. The Bertz CT molecular complexity index is 605. The fraction of sp³-hybridized carbons (Fsp3) is 0.600. The fourth-order valence-corrected chi connectivity index (χ4v) is 3.01. The number of rotatable bonds is 6. The monoisotopic (exact) mass is 314 g/mol. The predicted molar refractivity (Wildman–Crippen MR) is 80.9 cm³/mol. The molecule has 1 fully saturated rings. The van der Waals surface area contributed by atoms with Crippen molar-refractivity contribution >= 4 is 10.0 Å². The Balaban J connectivity index is 2.12. The van der Waals surface area contributed by atoms with Crippen molar-refractivity contribution in [1.29, 1.82) is 0 Å². The van der Waals surface area contributed by atoms with Crippen LogP contribution in [-0.4, -0.2) is 20.5 Å². The molecule has 1 aliphatic carbocycles. The van der Waals surface area contributed by atoms with Gasteiger partial charge < -0.3 is 5.32 Å². The molecule has 2 rings (SSSR count). The lowest BCUT2D eigenvalue weighted by atomic mass is 10.1. The van der Waals surface area contributed by atoms with Crippen LogP contribution in [0.15, 0.2) is 23.1 Å². The Kier molecular flexibility index (Phi) is 4.70. The van der Waals surface area contributed by atoms with E-state index in [0.717, 1.165) is 12.8 Å². The first-order chi connectivity index (χ1) is 9.67. The average Bonchev–Trinajstić information content (AvgIpc) is 3.18. The molecule has 1 aromatic carbocycles. The molecule has 118 valence electrons. The Hall–Kier alpha value is -0.980. The molecule has 0 bridgehead atoms. The molecule has 21 heavy (non-hydrogen) atoms. The number of halogens is 1. The van der Waals surface area contributed by atoms with Crippen molar-refractivity contribution in [3.8, 4) is 0 Å². The molecule has 0 aromatic heterocycles. The minimum atomic E-state index is -3.55. The lowest BCUT2D eigenvalue weighted by molar-refractivity contribution is 0.418. The van der Waals surface area contributed by atoms with E-state index >= 15 is 0 Å². The molecule has 1 aliphatic rings. The molecule has 0 radical (unpaired) electrons. The van der Waals surface area contributed by atoms with Crippen molar-refractivity contribution in [2.45, 2.75) is 50.6 Å². The molecule has 0 amide bonds. The third-order valence-corrected chi connectivity index (χ3v) is 4.82. The van der Waals surface area contributed by atoms with Gasteiger partial charge in [0, 0.05) is 24.2 Å². The summed E-state index contributed by atoms with van der Waals surface area (Å²) in [5, 5.41) is 3.16. The van der Waals surface area contributed by atoms with Crippen LogP contribution >= 0.6 is 0 Å². The van der Waals surface area contributed by atoms with Crippen molar-refractivity contribution in [3.05, 3.63) is 29.6 Å². The van der Waals surface area contributed by atoms with Gasteiger partial charge in [0.2, 0.25) is 10.0 Å². The third-order valence-electron chi connectivity index (χ3n) is 3.40. The molecule has 4 nitrogen and oxygen atoms in total. The molecule has 0 aliphatic heterocycles. The summed E-state index contributed by atoms with van der Waals surface area (Å²) in [6.07, 6.45) is 2.15. The topological polar surface area (TPSA) is 58.2 Å². The lowest BCUT2D eigenvalue weighted by Crippen LogP contribution is -2.35. The Morgan fingerprint density at radius 2 is 1.95 bits per heavy atom. The van der Waals surface area contributed by atoms with Gasteiger partial charge in [-0.3, -0.25) is 0 Å². The molecular weight excluding hydrogens is 291 g/mol. The molecule has 1 saturated carbocycles. The number of benzene rings is 1. The maximum absolute atomic E-state index is 13.8. The van der Waals surface area contributed by atoms with Gasteiger partial charge in [0.15, 0.2) is 0 Å². The molecule has 0 atom stereocenters. The van der Waals surface area contributed by atoms with Crippen LogP contribution in [0.25, 0.3) is 0 Å². The van der Waals surface area contributed by atoms with Gasteiger partial charge in [-0.05, 0) is 57.7 Å². The molecule has 0 unspecified atom stereocenters. The van der Waals surface area contributed by atoms with Crippen LogP contribution in [0.1, 0.15) is 39.2 Å². The van der Waals surface area contributed by atoms with E-state index in [4.69, 9.17) is 0 Å². The summed E-state index contributed by atoms with van der Waals surface area (Å²) < 4.78 is 40.7. The van der Waals surface area contributed by atoms with E-state index in [1.807, 2.05) is 20.8 Å². The third kappa shape index (κ3) is 5.05. The van der Waals surface area contributed by atoms with Gasteiger partial charge >= 0.3 is 0 Å². The van der Waals surface area contributed by atoms with Crippen LogP contribution in [0.3, 0.4) is 0 Å². The molecule has 0 saturated heterocycles. The number of nitrogens with one attached hydrogen (secondary N) is 2. The Labute approximate surface area is 126 Å². The first-order valence-corrected chi connectivity index (χ1v) is 8.69. The molecule has 6 heteroatoms. The second-order valence-electron chi connectivity index (χ2n) is 6.65. The maximum Gasteiger partial charge on any atom is 0.240 e. The molecule has 2 N–H and O–H groups in total. The van der Waals surface area contributed by atoms with Crippen LogP contribution < -0.4 is 10.0 Å². The van der Waals surface area contributed by atoms with Gasteiger partial charge in [-0.15, -0.1) is 0 Å². The minimum absolute atomic E-state index is 0.121. The van der Waals surface area contributed by atoms with E-state index < -0.39 is 15.8 Å². The van der Waals surface area contributed by atoms with Crippen molar-refractivity contribution in [1.82, 2.24) is 10.0 Å². The summed E-state index contributed by atoms with van der Waals surface area (Å²) in [6, 6.07) is 3.93. The second kappa shape index (κ2) is 6.02. The van der Waals surface area contributed by atoms with Gasteiger partial charge in [0.25, 0.3) is 0 Å². The first kappa shape index (κ1) is 16.4. The van der Waals surface area contributed by atoms with Crippen molar-refractivity contribution < 1.29 is 12.8 Å². The number of hydrogen-bond donors (Lipinski definition) is 2. The summed E-state index contributed by atoms with van der Waals surface area (Å²) >= 11 is 0. The highest BCUT2D eigenvalue weighted by Crippen LogP contribution is 2.28. The van der Waals surface area contributed by atoms with E-state index in [1.165, 1.54) is 18.2 Å². The van der Waals surface area contributed by atoms with E-state index in [2.05, 4.69) is 10.0 Å². The first-order valence-electron chi connectivity index (χ1n) is 7.20. The lowest BCUT2D eigenvalue weighted by Gasteiger charge is -2.21. The van der Waals surface area contributed by atoms with Gasteiger partial charge in [-0.25, -0.2) is 17.5 Å². The van der Waals surface area contributed by atoms with Crippen molar-refractivity contribution in [2.24, 2.45) is 5.92 Å². The Morgan fingerprint density at radius 3 is 2.52 bits per heavy atom. The summed E-state index contributed by atoms with van der Waals surface area (Å²) in [6.45, 7) is 6.69. The van der Waals surface area contributed by atoms with Crippen LogP contribution in [0.5, 0.6) is 0 Å². The summed E-state index contributed by atoms with van der Waals surface area (Å²) in [5.41, 5.74) is 0.199. The largest absolute Gasteiger partial charge is 0.308 e. The van der Waals surface area contributed by atoms with Crippen LogP contribution in [0.4, 0.5) is 4.39 Å². The zero-order chi connectivity index (χ0) is 15.7. The second-order valence-corrected chi connectivity index (χ2v) is 8.42. The quantitative estimate of drug-likeness (QED) is 0.848. The fourth-order valence-electron chi connectivity index (χ4n) is 1.85. The number of sulfonamides is 1. The molecule has 0 heterocycles. The van der Waals surface area contributed by atoms with Crippen LogP contribution in [-0.2, 0) is 16.6 Å². The zero-order valence-electron chi connectivity index (χ0n) is 12.7. The standard InChI is InChI=1S/C15H23FN2O2S/c1-15(2,3)17-10-12-8-13(6-7-14(12)16)21(19,20)18-9-11-4-5-11/h6-8,11,17-18H,4-5,9-10H2,1-3H3. The molecular formula is C15H23FN2O2S. The summed E-state index contributed by atoms with van der Waals surface area (Å²) in [5.74, 6) is 0.0649. The smallest absolute Gasteiger partial charge is 0.240 e. The van der Waals surface area contributed by atoms with E-state index in [-0.39, 0.29) is 10.4 Å². The van der Waals surface area contributed by atoms with Gasteiger partial charge in [0.1, 0.15) is 5.82 Å². The molecule has 1 aromatic rings. The van der Waals surface area contributed by atoms with Crippen LogP contribution in [0, 0.1) is 11.7 Å². The predicted octanol–water partition coefficient (Wildman–Crippen LogP) is 2.40. The average molecular weight is 314 g/mol.